The van der Waals surface area contributed by atoms with Crippen molar-refractivity contribution in [2.75, 3.05) is 19.6 Å². The van der Waals surface area contributed by atoms with Gasteiger partial charge < -0.3 is 10.2 Å². The van der Waals surface area contributed by atoms with Gasteiger partial charge in [0.15, 0.2) is 0 Å². The van der Waals surface area contributed by atoms with E-state index in [1.165, 1.54) is 18.4 Å². The Morgan fingerprint density at radius 3 is 2.81 bits per heavy atom. The number of nitrogens with zero attached hydrogens (tertiary/aromatic N) is 1. The maximum absolute atomic E-state index is 12.6. The van der Waals surface area contributed by atoms with Crippen LogP contribution in [-0.4, -0.2) is 36.5 Å². The normalized spacial score (nSPS) is 26.0. The van der Waals surface area contributed by atoms with Crippen molar-refractivity contribution in [3.05, 3.63) is 35.9 Å². The van der Waals surface area contributed by atoms with Crippen molar-refractivity contribution in [2.24, 2.45) is 5.92 Å². The maximum atomic E-state index is 12.6. The maximum Gasteiger partial charge on any atom is 0.223 e. The van der Waals surface area contributed by atoms with Crippen LogP contribution in [-0.2, 0) is 11.2 Å². The highest BCUT2D eigenvalue weighted by atomic mass is 16.2. The van der Waals surface area contributed by atoms with E-state index < -0.39 is 0 Å². The summed E-state index contributed by atoms with van der Waals surface area (Å²) in [5.41, 5.74) is 1.35. The fourth-order valence-electron chi connectivity index (χ4n) is 3.72. The summed E-state index contributed by atoms with van der Waals surface area (Å²) in [7, 11) is 0. The second-order valence-electron chi connectivity index (χ2n) is 6.49. The summed E-state index contributed by atoms with van der Waals surface area (Å²) in [6, 6.07) is 11.0. The van der Waals surface area contributed by atoms with Crippen molar-refractivity contribution in [3.8, 4) is 0 Å². The van der Waals surface area contributed by atoms with Crippen LogP contribution in [0.25, 0.3) is 0 Å². The Morgan fingerprint density at radius 1 is 1.19 bits per heavy atom. The molecule has 2 aliphatic heterocycles. The van der Waals surface area contributed by atoms with Crippen molar-refractivity contribution >= 4 is 5.91 Å². The van der Waals surface area contributed by atoms with Crippen LogP contribution in [0.15, 0.2) is 30.3 Å². The molecule has 2 saturated heterocycles. The lowest BCUT2D eigenvalue weighted by atomic mass is 9.95. The van der Waals surface area contributed by atoms with Gasteiger partial charge in [0.1, 0.15) is 0 Å². The molecule has 21 heavy (non-hydrogen) atoms. The molecule has 1 aromatic rings. The Morgan fingerprint density at radius 2 is 2.05 bits per heavy atom. The van der Waals surface area contributed by atoms with E-state index in [0.29, 0.717) is 17.9 Å². The van der Waals surface area contributed by atoms with E-state index in [-0.39, 0.29) is 0 Å². The van der Waals surface area contributed by atoms with Crippen molar-refractivity contribution in [1.29, 1.82) is 0 Å². The third-order valence-electron chi connectivity index (χ3n) is 4.87. The Labute approximate surface area is 127 Å². The molecule has 3 rings (SSSR count). The summed E-state index contributed by atoms with van der Waals surface area (Å²) in [6.07, 6.45) is 6.48. The Kier molecular flexibility index (Phi) is 4.91. The van der Waals surface area contributed by atoms with Crippen molar-refractivity contribution in [2.45, 2.75) is 44.6 Å². The van der Waals surface area contributed by atoms with Crippen LogP contribution in [0.3, 0.4) is 0 Å². The smallest absolute Gasteiger partial charge is 0.223 e. The van der Waals surface area contributed by atoms with Gasteiger partial charge in [-0.15, -0.1) is 0 Å². The van der Waals surface area contributed by atoms with Gasteiger partial charge in [0.2, 0.25) is 5.91 Å². The van der Waals surface area contributed by atoms with Gasteiger partial charge in [0.05, 0.1) is 0 Å². The molecule has 0 radical (unpaired) electrons. The number of hydrogen-bond donors (Lipinski definition) is 1. The number of rotatable bonds is 4. The summed E-state index contributed by atoms with van der Waals surface area (Å²) < 4.78 is 0. The number of carbonyl (C=O) groups excluding carboxylic acids is 1. The minimum atomic E-state index is 0.377. The van der Waals surface area contributed by atoms with Crippen LogP contribution >= 0.6 is 0 Å². The Bertz CT molecular complexity index is 454. The number of amides is 1. The number of hydrogen-bond acceptors (Lipinski definition) is 2. The number of carbonyl (C=O) groups is 1. The Hall–Kier alpha value is -1.35. The van der Waals surface area contributed by atoms with Gasteiger partial charge in [-0.1, -0.05) is 30.3 Å². The predicted molar refractivity (Wildman–Crippen MR) is 85.1 cm³/mol. The lowest BCUT2D eigenvalue weighted by molar-refractivity contribution is -0.133. The highest BCUT2D eigenvalue weighted by molar-refractivity contribution is 5.77. The van der Waals surface area contributed by atoms with Gasteiger partial charge in [-0.3, -0.25) is 4.79 Å². The molecule has 2 unspecified atom stereocenters. The standard InChI is InChI=1S/C18H26N2O/c21-18(13-16-8-4-10-19-14-16)20-11-5-9-17(20)12-15-6-2-1-3-7-15/h1-3,6-7,16-17,19H,4-5,8-14H2. The van der Waals surface area contributed by atoms with E-state index in [1.807, 2.05) is 0 Å². The topological polar surface area (TPSA) is 32.3 Å². The lowest BCUT2D eigenvalue weighted by Gasteiger charge is -2.28. The molecular weight excluding hydrogens is 260 g/mol. The fraction of sp³-hybridized carbons (Fsp3) is 0.611. The second kappa shape index (κ2) is 7.08. The second-order valence-corrected chi connectivity index (χ2v) is 6.49. The summed E-state index contributed by atoms with van der Waals surface area (Å²) in [4.78, 5) is 14.8. The molecule has 2 fully saturated rings. The molecular formula is C18H26N2O. The predicted octanol–water partition coefficient (Wildman–Crippen LogP) is 2.61. The summed E-state index contributed by atoms with van der Waals surface area (Å²) >= 11 is 0. The molecule has 2 aliphatic rings. The molecule has 0 aliphatic carbocycles. The third-order valence-corrected chi connectivity index (χ3v) is 4.87. The molecule has 1 amide bonds. The summed E-state index contributed by atoms with van der Waals surface area (Å²) in [5, 5.41) is 3.41. The molecule has 1 N–H and O–H groups in total. The number of piperidine rings is 1. The first-order valence-corrected chi connectivity index (χ1v) is 8.37. The summed E-state index contributed by atoms with van der Waals surface area (Å²) in [6.45, 7) is 3.09. The van der Waals surface area contributed by atoms with Crippen molar-refractivity contribution < 1.29 is 4.79 Å². The van der Waals surface area contributed by atoms with Gasteiger partial charge in [-0.05, 0) is 56.7 Å². The lowest BCUT2D eigenvalue weighted by Crippen LogP contribution is -2.40. The number of likely N-dealkylation sites (tertiary alicyclic amines) is 1. The zero-order valence-corrected chi connectivity index (χ0v) is 12.8. The van der Waals surface area contributed by atoms with Crippen LogP contribution in [0.1, 0.15) is 37.7 Å². The highest BCUT2D eigenvalue weighted by Gasteiger charge is 2.30. The average molecular weight is 286 g/mol. The average Bonchev–Trinajstić information content (AvgIpc) is 2.97. The van der Waals surface area contributed by atoms with E-state index in [0.717, 1.165) is 45.3 Å². The van der Waals surface area contributed by atoms with Gasteiger partial charge in [-0.2, -0.15) is 0 Å². The molecule has 2 atom stereocenters. The zero-order valence-electron chi connectivity index (χ0n) is 12.8. The molecule has 3 nitrogen and oxygen atoms in total. The molecule has 3 heteroatoms. The summed E-state index contributed by atoms with van der Waals surface area (Å²) in [5.74, 6) is 0.923. The first kappa shape index (κ1) is 14.6. The molecule has 2 heterocycles. The molecule has 0 saturated carbocycles. The first-order chi connectivity index (χ1) is 10.3. The number of nitrogens with one attached hydrogen (secondary N) is 1. The van der Waals surface area contributed by atoms with E-state index in [9.17, 15) is 4.79 Å². The SMILES string of the molecule is O=C(CC1CCCNC1)N1CCCC1Cc1ccccc1. The van der Waals surface area contributed by atoms with Gasteiger partial charge >= 0.3 is 0 Å². The van der Waals surface area contributed by atoms with Crippen LogP contribution in [0.4, 0.5) is 0 Å². The molecule has 0 bridgehead atoms. The minimum absolute atomic E-state index is 0.377. The Balaban J connectivity index is 1.56. The zero-order chi connectivity index (χ0) is 14.5. The molecule has 0 spiro atoms. The number of benzene rings is 1. The van der Waals surface area contributed by atoms with Gasteiger partial charge in [-0.25, -0.2) is 0 Å². The van der Waals surface area contributed by atoms with Crippen molar-refractivity contribution in [1.82, 2.24) is 10.2 Å². The third kappa shape index (κ3) is 3.85. The van der Waals surface area contributed by atoms with Crippen LogP contribution in [0, 0.1) is 5.92 Å². The van der Waals surface area contributed by atoms with Gasteiger partial charge in [0, 0.05) is 19.0 Å². The molecule has 0 aromatic heterocycles. The van der Waals surface area contributed by atoms with E-state index >= 15 is 0 Å². The molecule has 114 valence electrons. The fourth-order valence-corrected chi connectivity index (χ4v) is 3.72. The van der Waals surface area contributed by atoms with Gasteiger partial charge in [0.25, 0.3) is 0 Å². The van der Waals surface area contributed by atoms with E-state index in [2.05, 4.69) is 40.5 Å². The molecule has 1 aromatic carbocycles. The van der Waals surface area contributed by atoms with Crippen LogP contribution in [0.2, 0.25) is 0 Å². The monoisotopic (exact) mass is 286 g/mol. The largest absolute Gasteiger partial charge is 0.339 e. The van der Waals surface area contributed by atoms with Crippen molar-refractivity contribution in [3.63, 3.8) is 0 Å². The van der Waals surface area contributed by atoms with E-state index in [4.69, 9.17) is 0 Å². The highest BCUT2D eigenvalue weighted by Crippen LogP contribution is 2.24. The quantitative estimate of drug-likeness (QED) is 0.923. The van der Waals surface area contributed by atoms with E-state index in [1.54, 1.807) is 0 Å². The van der Waals surface area contributed by atoms with Crippen LogP contribution < -0.4 is 5.32 Å². The minimum Gasteiger partial charge on any atom is -0.339 e. The first-order valence-electron chi connectivity index (χ1n) is 8.37. The van der Waals surface area contributed by atoms with Crippen LogP contribution in [0.5, 0.6) is 0 Å².